The summed E-state index contributed by atoms with van der Waals surface area (Å²) in [6, 6.07) is 1.81. The largest absolute Gasteiger partial charge is 0.147 e. The Morgan fingerprint density at radius 1 is 1.60 bits per heavy atom. The van der Waals surface area contributed by atoms with Crippen LogP contribution in [0.3, 0.4) is 0 Å². The zero-order chi connectivity index (χ0) is 6.53. The first-order valence-corrected chi connectivity index (χ1v) is 2.67. The van der Waals surface area contributed by atoms with E-state index in [1.165, 1.54) is 0 Å². The highest BCUT2D eigenvalue weighted by Gasteiger charge is 1.86. The predicted octanol–water partition coefficient (Wildman–Crippen LogP) is 1.02. The van der Waals surface area contributed by atoms with Gasteiger partial charge in [0, 0.05) is 6.42 Å². The maximum atomic E-state index is 3.74. The van der Waals surface area contributed by atoms with Crippen LogP contribution in [0.5, 0.6) is 0 Å². The molecule has 10 heavy (non-hydrogen) atoms. The Bertz CT molecular complexity index is 187. The number of aromatic nitrogens is 3. The second-order valence-corrected chi connectivity index (χ2v) is 1.60. The minimum Gasteiger partial charge on any atom is -0.147 e. The average molecular weight is 158 g/mol. The van der Waals surface area contributed by atoms with Crippen LogP contribution < -0.4 is 0 Å². The van der Waals surface area contributed by atoms with Crippen LogP contribution in [0.4, 0.5) is 0 Å². The normalized spacial score (nSPS) is 8.00. The van der Waals surface area contributed by atoms with E-state index >= 15 is 0 Å². The molecule has 0 aliphatic carbocycles. The quantitative estimate of drug-likeness (QED) is 0.602. The van der Waals surface area contributed by atoms with Gasteiger partial charge in [-0.05, 0) is 11.3 Å². The zero-order valence-corrected chi connectivity index (χ0v) is 6.21. The van der Waals surface area contributed by atoms with Crippen LogP contribution >= 0.6 is 12.4 Å². The van der Waals surface area contributed by atoms with Crippen molar-refractivity contribution in [2.24, 2.45) is 0 Å². The van der Waals surface area contributed by atoms with Gasteiger partial charge >= 0.3 is 0 Å². The third kappa shape index (κ3) is 2.55. The van der Waals surface area contributed by atoms with Crippen LogP contribution in [0.1, 0.15) is 5.69 Å². The van der Waals surface area contributed by atoms with Gasteiger partial charge in [0.1, 0.15) is 0 Å². The molecule has 0 fully saturated rings. The van der Waals surface area contributed by atoms with Gasteiger partial charge in [-0.3, -0.25) is 0 Å². The number of hydrogen-bond acceptors (Lipinski definition) is 3. The molecule has 1 aromatic heterocycles. The molecule has 0 aliphatic rings. The van der Waals surface area contributed by atoms with Crippen LogP contribution in [0.25, 0.3) is 0 Å². The highest BCUT2D eigenvalue weighted by Crippen LogP contribution is 1.89. The van der Waals surface area contributed by atoms with Crippen LogP contribution in [0.15, 0.2) is 24.9 Å². The second-order valence-electron chi connectivity index (χ2n) is 1.60. The first-order valence-electron chi connectivity index (χ1n) is 2.67. The molecule has 4 heteroatoms. The summed E-state index contributed by atoms with van der Waals surface area (Å²) in [6.45, 7) is 3.57. The molecule has 1 aromatic rings. The zero-order valence-electron chi connectivity index (χ0n) is 5.40. The van der Waals surface area contributed by atoms with E-state index in [1.807, 2.05) is 6.07 Å². The maximum absolute atomic E-state index is 3.74. The molecule has 0 aliphatic heterocycles. The van der Waals surface area contributed by atoms with Crippen molar-refractivity contribution >= 4 is 12.4 Å². The lowest BCUT2D eigenvalue weighted by Crippen LogP contribution is -1.91. The van der Waals surface area contributed by atoms with Crippen molar-refractivity contribution in [3.05, 3.63) is 30.6 Å². The number of rotatable bonds is 2. The Hall–Kier alpha value is -0.960. The first-order chi connectivity index (χ1) is 4.43. The molecule has 0 aromatic carbocycles. The van der Waals surface area contributed by atoms with E-state index in [0.717, 1.165) is 12.1 Å². The molecule has 1 heterocycles. The Morgan fingerprint density at radius 2 is 2.40 bits per heavy atom. The third-order valence-electron chi connectivity index (χ3n) is 0.912. The Labute approximate surface area is 65.6 Å². The topological polar surface area (TPSA) is 38.7 Å². The number of halogens is 1. The smallest absolute Gasteiger partial charge is 0.0702 e. The molecule has 0 spiro atoms. The van der Waals surface area contributed by atoms with Crippen molar-refractivity contribution in [1.29, 1.82) is 0 Å². The highest BCUT2D eigenvalue weighted by atomic mass is 35.5. The van der Waals surface area contributed by atoms with E-state index in [-0.39, 0.29) is 12.4 Å². The molecule has 54 valence electrons. The summed E-state index contributed by atoms with van der Waals surface area (Å²) in [5.74, 6) is 0. The molecular formula is C6H8ClN3. The van der Waals surface area contributed by atoms with Crippen molar-refractivity contribution in [3.63, 3.8) is 0 Å². The minimum absolute atomic E-state index is 0. The molecule has 0 amide bonds. The van der Waals surface area contributed by atoms with E-state index in [4.69, 9.17) is 0 Å². The van der Waals surface area contributed by atoms with Crippen LogP contribution in [0.2, 0.25) is 0 Å². The first kappa shape index (κ1) is 9.04. The number of allylic oxidation sites excluding steroid dienone is 1. The lowest BCUT2D eigenvalue weighted by molar-refractivity contribution is 0.825. The van der Waals surface area contributed by atoms with E-state index in [2.05, 4.69) is 22.0 Å². The maximum Gasteiger partial charge on any atom is 0.0702 e. The average Bonchev–Trinajstić information content (AvgIpc) is 1.91. The van der Waals surface area contributed by atoms with Gasteiger partial charge < -0.3 is 0 Å². The molecule has 3 nitrogen and oxygen atoms in total. The van der Waals surface area contributed by atoms with Crippen LogP contribution in [0, 0.1) is 0 Å². The monoisotopic (exact) mass is 157 g/mol. The molecule has 0 unspecified atom stereocenters. The summed E-state index contributed by atoms with van der Waals surface area (Å²) in [6.07, 6.45) is 4.16. The minimum atomic E-state index is 0. The van der Waals surface area contributed by atoms with Gasteiger partial charge in [0.2, 0.25) is 0 Å². The summed E-state index contributed by atoms with van der Waals surface area (Å²) < 4.78 is 0. The predicted molar refractivity (Wildman–Crippen MR) is 41.0 cm³/mol. The third-order valence-corrected chi connectivity index (χ3v) is 0.912. The van der Waals surface area contributed by atoms with Crippen molar-refractivity contribution in [2.45, 2.75) is 6.42 Å². The molecule has 1 rings (SSSR count). The van der Waals surface area contributed by atoms with Crippen molar-refractivity contribution < 1.29 is 0 Å². The second kappa shape index (κ2) is 4.88. The van der Waals surface area contributed by atoms with Crippen LogP contribution in [-0.4, -0.2) is 15.4 Å². The van der Waals surface area contributed by atoms with Gasteiger partial charge in [-0.15, -0.1) is 29.2 Å². The van der Waals surface area contributed by atoms with Crippen molar-refractivity contribution in [2.75, 3.05) is 0 Å². The Kier molecular flexibility index (Phi) is 4.41. The van der Waals surface area contributed by atoms with Crippen molar-refractivity contribution in [3.8, 4) is 0 Å². The van der Waals surface area contributed by atoms with E-state index < -0.39 is 0 Å². The molecule has 0 bridgehead atoms. The number of nitrogens with zero attached hydrogens (tertiary/aromatic N) is 3. The SMILES string of the molecule is C=CCc1ccnnn1.Cl. The summed E-state index contributed by atoms with van der Waals surface area (Å²) >= 11 is 0. The molecule has 0 N–H and O–H groups in total. The van der Waals surface area contributed by atoms with Gasteiger partial charge in [-0.2, -0.15) is 0 Å². The van der Waals surface area contributed by atoms with Crippen LogP contribution in [-0.2, 0) is 6.42 Å². The molecule has 0 saturated heterocycles. The summed E-state index contributed by atoms with van der Waals surface area (Å²) in [7, 11) is 0. The van der Waals surface area contributed by atoms with E-state index in [0.29, 0.717) is 0 Å². The standard InChI is InChI=1S/C6H7N3.ClH/c1-2-3-6-4-5-7-9-8-6;/h2,4-5H,1,3H2;1H. The van der Waals surface area contributed by atoms with Crippen molar-refractivity contribution in [1.82, 2.24) is 15.4 Å². The van der Waals surface area contributed by atoms with Gasteiger partial charge in [0.25, 0.3) is 0 Å². The Balaban J connectivity index is 0.000000810. The van der Waals surface area contributed by atoms with E-state index in [1.54, 1.807) is 12.3 Å². The van der Waals surface area contributed by atoms with Gasteiger partial charge in [-0.25, -0.2) is 0 Å². The summed E-state index contributed by atoms with van der Waals surface area (Å²) in [4.78, 5) is 0. The molecule has 0 radical (unpaired) electrons. The Morgan fingerprint density at radius 3 is 2.90 bits per heavy atom. The molecular weight excluding hydrogens is 150 g/mol. The lowest BCUT2D eigenvalue weighted by Gasteiger charge is -1.87. The van der Waals surface area contributed by atoms with Gasteiger partial charge in [0.15, 0.2) is 0 Å². The number of hydrogen-bond donors (Lipinski definition) is 0. The fourth-order valence-electron chi connectivity index (χ4n) is 0.523. The lowest BCUT2D eigenvalue weighted by atomic mass is 10.3. The molecule has 0 atom stereocenters. The summed E-state index contributed by atoms with van der Waals surface area (Å²) in [5, 5.41) is 10.7. The van der Waals surface area contributed by atoms with Gasteiger partial charge in [0.05, 0.1) is 11.9 Å². The summed E-state index contributed by atoms with van der Waals surface area (Å²) in [5.41, 5.74) is 0.903. The highest BCUT2D eigenvalue weighted by molar-refractivity contribution is 5.85. The van der Waals surface area contributed by atoms with Gasteiger partial charge in [-0.1, -0.05) is 6.08 Å². The van der Waals surface area contributed by atoms with E-state index in [9.17, 15) is 0 Å². The molecule has 0 saturated carbocycles. The fourth-order valence-corrected chi connectivity index (χ4v) is 0.523. The fraction of sp³-hybridized carbons (Fsp3) is 0.167.